The molecule has 1 amide bonds. The van der Waals surface area contributed by atoms with Crippen molar-refractivity contribution in [2.24, 2.45) is 11.7 Å². The van der Waals surface area contributed by atoms with Crippen LogP contribution in [0.5, 0.6) is 0 Å². The number of nitrogens with one attached hydrogen (secondary N) is 1. The standard InChI is InChI=1S/C13H21N3OS/c1-9-8-18-12(16-9)5-6-15-13(17)10-3-2-4-11(14)7-10/h8,10-11H,2-7,14H2,1H3,(H,15,17). The summed E-state index contributed by atoms with van der Waals surface area (Å²) >= 11 is 1.65. The molecule has 100 valence electrons. The van der Waals surface area contributed by atoms with Gasteiger partial charge in [0, 0.05) is 36.0 Å². The molecule has 1 aromatic rings. The molecule has 2 atom stereocenters. The Morgan fingerprint density at radius 2 is 2.44 bits per heavy atom. The summed E-state index contributed by atoms with van der Waals surface area (Å²) < 4.78 is 0. The van der Waals surface area contributed by atoms with Crippen LogP contribution in [0.4, 0.5) is 0 Å². The molecule has 3 N–H and O–H groups in total. The average Bonchev–Trinajstić information content (AvgIpc) is 2.75. The van der Waals surface area contributed by atoms with Crippen LogP contribution in [0.15, 0.2) is 5.38 Å². The lowest BCUT2D eigenvalue weighted by Crippen LogP contribution is -2.38. The molecule has 0 radical (unpaired) electrons. The van der Waals surface area contributed by atoms with Crippen molar-refractivity contribution in [1.82, 2.24) is 10.3 Å². The molecule has 1 fully saturated rings. The quantitative estimate of drug-likeness (QED) is 0.871. The minimum Gasteiger partial charge on any atom is -0.355 e. The zero-order valence-corrected chi connectivity index (χ0v) is 11.6. The van der Waals surface area contributed by atoms with Crippen molar-refractivity contribution in [3.05, 3.63) is 16.1 Å². The number of nitrogens with two attached hydrogens (primary N) is 1. The number of rotatable bonds is 4. The lowest BCUT2D eigenvalue weighted by molar-refractivity contribution is -0.126. The van der Waals surface area contributed by atoms with Gasteiger partial charge < -0.3 is 11.1 Å². The van der Waals surface area contributed by atoms with E-state index in [-0.39, 0.29) is 17.9 Å². The number of aromatic nitrogens is 1. The van der Waals surface area contributed by atoms with Gasteiger partial charge in [-0.05, 0) is 26.2 Å². The molecule has 4 nitrogen and oxygen atoms in total. The van der Waals surface area contributed by atoms with E-state index in [4.69, 9.17) is 5.73 Å². The van der Waals surface area contributed by atoms with E-state index in [0.717, 1.165) is 42.8 Å². The average molecular weight is 267 g/mol. The third-order valence-electron chi connectivity index (χ3n) is 3.39. The molecule has 2 unspecified atom stereocenters. The van der Waals surface area contributed by atoms with E-state index >= 15 is 0 Å². The lowest BCUT2D eigenvalue weighted by Gasteiger charge is -2.25. The fourth-order valence-corrected chi connectivity index (χ4v) is 3.20. The molecule has 1 heterocycles. The van der Waals surface area contributed by atoms with Crippen LogP contribution in [-0.2, 0) is 11.2 Å². The molecule has 0 aliphatic heterocycles. The first-order chi connectivity index (χ1) is 8.65. The van der Waals surface area contributed by atoms with Crippen molar-refractivity contribution >= 4 is 17.2 Å². The number of hydrogen-bond acceptors (Lipinski definition) is 4. The third kappa shape index (κ3) is 3.78. The summed E-state index contributed by atoms with van der Waals surface area (Å²) in [4.78, 5) is 16.3. The SMILES string of the molecule is Cc1csc(CCNC(=O)C2CCCC(N)C2)n1. The van der Waals surface area contributed by atoms with Crippen LogP contribution < -0.4 is 11.1 Å². The first-order valence-electron chi connectivity index (χ1n) is 6.59. The van der Waals surface area contributed by atoms with Crippen LogP contribution in [-0.4, -0.2) is 23.5 Å². The number of amides is 1. The topological polar surface area (TPSA) is 68.0 Å². The number of thiazole rings is 1. The molecule has 1 aliphatic rings. The van der Waals surface area contributed by atoms with Gasteiger partial charge in [-0.1, -0.05) is 6.42 Å². The Morgan fingerprint density at radius 3 is 3.11 bits per heavy atom. The van der Waals surface area contributed by atoms with Gasteiger partial charge in [0.15, 0.2) is 0 Å². The normalized spacial score (nSPS) is 23.9. The fourth-order valence-electron chi connectivity index (χ4n) is 2.42. The smallest absolute Gasteiger partial charge is 0.223 e. The number of nitrogens with zero attached hydrogens (tertiary/aromatic N) is 1. The monoisotopic (exact) mass is 267 g/mol. The molecular formula is C13H21N3OS. The second kappa shape index (κ2) is 6.29. The van der Waals surface area contributed by atoms with Gasteiger partial charge in [0.1, 0.15) is 0 Å². The first kappa shape index (κ1) is 13.5. The molecule has 0 bridgehead atoms. The van der Waals surface area contributed by atoms with Crippen LogP contribution >= 0.6 is 11.3 Å². The molecule has 0 spiro atoms. The maximum absolute atomic E-state index is 12.0. The van der Waals surface area contributed by atoms with Gasteiger partial charge in [-0.15, -0.1) is 11.3 Å². The van der Waals surface area contributed by atoms with Crippen LogP contribution in [0.25, 0.3) is 0 Å². The van der Waals surface area contributed by atoms with Gasteiger partial charge in [-0.3, -0.25) is 4.79 Å². The summed E-state index contributed by atoms with van der Waals surface area (Å²) in [5.41, 5.74) is 6.95. The molecule has 2 rings (SSSR count). The van der Waals surface area contributed by atoms with E-state index in [9.17, 15) is 4.79 Å². The van der Waals surface area contributed by atoms with Gasteiger partial charge in [0.25, 0.3) is 0 Å². The Bertz CT molecular complexity index is 405. The Kier molecular flexibility index (Phi) is 4.72. The minimum atomic E-state index is 0.117. The number of aryl methyl sites for hydroxylation is 1. The summed E-state index contributed by atoms with van der Waals surface area (Å²) in [6.45, 7) is 2.67. The van der Waals surface area contributed by atoms with Gasteiger partial charge in [-0.25, -0.2) is 4.98 Å². The van der Waals surface area contributed by atoms with Crippen LogP contribution in [0.2, 0.25) is 0 Å². The molecule has 1 aromatic heterocycles. The Hall–Kier alpha value is -0.940. The van der Waals surface area contributed by atoms with Gasteiger partial charge in [-0.2, -0.15) is 0 Å². The predicted octanol–water partition coefficient (Wildman–Crippen LogP) is 1.63. The maximum Gasteiger partial charge on any atom is 0.223 e. The van der Waals surface area contributed by atoms with E-state index in [2.05, 4.69) is 10.3 Å². The zero-order chi connectivity index (χ0) is 13.0. The summed E-state index contributed by atoms with van der Waals surface area (Å²) in [6, 6.07) is 0.205. The highest BCUT2D eigenvalue weighted by molar-refractivity contribution is 7.09. The van der Waals surface area contributed by atoms with E-state index in [1.165, 1.54) is 0 Å². The van der Waals surface area contributed by atoms with Crippen LogP contribution in [0.3, 0.4) is 0 Å². The highest BCUT2D eigenvalue weighted by atomic mass is 32.1. The minimum absolute atomic E-state index is 0.117. The van der Waals surface area contributed by atoms with Crippen LogP contribution in [0, 0.1) is 12.8 Å². The highest BCUT2D eigenvalue weighted by Gasteiger charge is 2.24. The fraction of sp³-hybridized carbons (Fsp3) is 0.692. The Morgan fingerprint density at radius 1 is 1.61 bits per heavy atom. The van der Waals surface area contributed by atoms with Gasteiger partial charge >= 0.3 is 0 Å². The second-order valence-electron chi connectivity index (χ2n) is 5.05. The zero-order valence-electron chi connectivity index (χ0n) is 10.8. The summed E-state index contributed by atoms with van der Waals surface area (Å²) in [6.07, 6.45) is 4.77. The van der Waals surface area contributed by atoms with E-state index in [1.807, 2.05) is 12.3 Å². The van der Waals surface area contributed by atoms with Crippen molar-refractivity contribution in [3.8, 4) is 0 Å². The van der Waals surface area contributed by atoms with Gasteiger partial charge in [0.05, 0.1) is 5.01 Å². The lowest BCUT2D eigenvalue weighted by atomic mass is 9.85. The summed E-state index contributed by atoms with van der Waals surface area (Å²) in [5, 5.41) is 6.13. The highest BCUT2D eigenvalue weighted by Crippen LogP contribution is 2.23. The number of hydrogen-bond donors (Lipinski definition) is 2. The summed E-state index contributed by atoms with van der Waals surface area (Å²) in [5.74, 6) is 0.283. The molecule has 1 saturated carbocycles. The molecule has 0 saturated heterocycles. The third-order valence-corrected chi connectivity index (χ3v) is 4.42. The molecule has 1 aliphatic carbocycles. The van der Waals surface area contributed by atoms with E-state index < -0.39 is 0 Å². The molecule has 5 heteroatoms. The van der Waals surface area contributed by atoms with Crippen molar-refractivity contribution in [1.29, 1.82) is 0 Å². The molecular weight excluding hydrogens is 246 g/mol. The Balaban J connectivity index is 1.71. The van der Waals surface area contributed by atoms with Crippen molar-refractivity contribution < 1.29 is 4.79 Å². The van der Waals surface area contributed by atoms with E-state index in [1.54, 1.807) is 11.3 Å². The van der Waals surface area contributed by atoms with Crippen LogP contribution in [0.1, 0.15) is 36.4 Å². The van der Waals surface area contributed by atoms with Gasteiger partial charge in [0.2, 0.25) is 5.91 Å². The number of carbonyl (C=O) groups is 1. The predicted molar refractivity (Wildman–Crippen MR) is 73.5 cm³/mol. The Labute approximate surface area is 112 Å². The summed E-state index contributed by atoms with van der Waals surface area (Å²) in [7, 11) is 0. The first-order valence-corrected chi connectivity index (χ1v) is 7.47. The largest absolute Gasteiger partial charge is 0.355 e. The van der Waals surface area contributed by atoms with Crippen molar-refractivity contribution in [2.45, 2.75) is 45.1 Å². The molecule has 18 heavy (non-hydrogen) atoms. The molecule has 0 aromatic carbocycles. The maximum atomic E-state index is 12.0. The van der Waals surface area contributed by atoms with Crippen molar-refractivity contribution in [2.75, 3.05) is 6.54 Å². The van der Waals surface area contributed by atoms with Crippen molar-refractivity contribution in [3.63, 3.8) is 0 Å². The second-order valence-corrected chi connectivity index (χ2v) is 5.99. The number of carbonyl (C=O) groups excluding carboxylic acids is 1. The van der Waals surface area contributed by atoms with E-state index in [0.29, 0.717) is 6.54 Å².